The molecule has 0 bridgehead atoms. The number of nitrogens with zero attached hydrogens (tertiary/aromatic N) is 1. The van der Waals surface area contributed by atoms with E-state index in [-0.39, 0.29) is 10.0 Å². The number of rotatable bonds is 3. The summed E-state index contributed by atoms with van der Waals surface area (Å²) in [5.74, 6) is -1.87. The number of ketones is 1. The van der Waals surface area contributed by atoms with E-state index in [1.807, 2.05) is 19.1 Å². The molecule has 0 spiro atoms. The highest BCUT2D eigenvalue weighted by molar-refractivity contribution is 9.10. The number of Topliss-reactive ketones (excluding diaryl/α,β-unsaturated/α-hetero) is 1. The fraction of sp³-hybridized carbons (Fsp3) is 0.125. The lowest BCUT2D eigenvalue weighted by Crippen LogP contribution is -2.12. The zero-order valence-corrected chi connectivity index (χ0v) is 12.3. The molecule has 20 heavy (non-hydrogen) atoms. The molecule has 0 saturated carbocycles. The standard InChI is InChI=1S/C16H11BrFNO/c1-10-4-2-5-11(8-10)13(9-19)16(20)12-6-3-7-14(18)15(12)17/h2-8,13H,1H3. The van der Waals surface area contributed by atoms with Crippen LogP contribution in [0.1, 0.15) is 27.4 Å². The molecule has 0 saturated heterocycles. The van der Waals surface area contributed by atoms with E-state index in [1.165, 1.54) is 18.2 Å². The van der Waals surface area contributed by atoms with Crippen LogP contribution < -0.4 is 0 Å². The van der Waals surface area contributed by atoms with Gasteiger partial charge in [0.25, 0.3) is 0 Å². The van der Waals surface area contributed by atoms with Crippen molar-refractivity contribution in [1.29, 1.82) is 5.26 Å². The largest absolute Gasteiger partial charge is 0.292 e. The normalized spacial score (nSPS) is 11.7. The predicted octanol–water partition coefficient (Wildman–Crippen LogP) is 4.39. The summed E-state index contributed by atoms with van der Waals surface area (Å²) >= 11 is 3.06. The van der Waals surface area contributed by atoms with Gasteiger partial charge in [0, 0.05) is 5.56 Å². The molecular weight excluding hydrogens is 321 g/mol. The van der Waals surface area contributed by atoms with E-state index in [4.69, 9.17) is 0 Å². The number of carbonyl (C=O) groups excluding carboxylic acids is 1. The molecule has 2 aromatic carbocycles. The maximum Gasteiger partial charge on any atom is 0.185 e. The number of benzene rings is 2. The maximum absolute atomic E-state index is 13.5. The molecular formula is C16H11BrFNO. The van der Waals surface area contributed by atoms with Gasteiger partial charge in [0.1, 0.15) is 11.7 Å². The lowest BCUT2D eigenvalue weighted by Gasteiger charge is -2.11. The van der Waals surface area contributed by atoms with Crippen molar-refractivity contribution < 1.29 is 9.18 Å². The molecule has 0 aliphatic heterocycles. The first-order valence-corrected chi connectivity index (χ1v) is 6.78. The highest BCUT2D eigenvalue weighted by Gasteiger charge is 2.24. The van der Waals surface area contributed by atoms with Crippen LogP contribution in [0.15, 0.2) is 46.9 Å². The van der Waals surface area contributed by atoms with Crippen molar-refractivity contribution in [2.45, 2.75) is 12.8 Å². The van der Waals surface area contributed by atoms with Crippen molar-refractivity contribution in [2.24, 2.45) is 0 Å². The highest BCUT2D eigenvalue weighted by atomic mass is 79.9. The van der Waals surface area contributed by atoms with Crippen LogP contribution in [0.2, 0.25) is 0 Å². The minimum Gasteiger partial charge on any atom is -0.292 e. The topological polar surface area (TPSA) is 40.9 Å². The summed E-state index contributed by atoms with van der Waals surface area (Å²) in [6.07, 6.45) is 0. The van der Waals surface area contributed by atoms with Crippen LogP contribution in [-0.2, 0) is 0 Å². The summed E-state index contributed by atoms with van der Waals surface area (Å²) in [4.78, 5) is 12.4. The molecule has 0 aliphatic carbocycles. The summed E-state index contributed by atoms with van der Waals surface area (Å²) in [6, 6.07) is 13.4. The van der Waals surface area contributed by atoms with Gasteiger partial charge in [-0.25, -0.2) is 4.39 Å². The fourth-order valence-corrected chi connectivity index (χ4v) is 2.44. The molecule has 0 aliphatic rings. The van der Waals surface area contributed by atoms with Crippen molar-refractivity contribution in [2.75, 3.05) is 0 Å². The second kappa shape index (κ2) is 5.98. The van der Waals surface area contributed by atoms with Gasteiger partial charge >= 0.3 is 0 Å². The second-order valence-electron chi connectivity index (χ2n) is 4.44. The minimum atomic E-state index is -0.937. The van der Waals surface area contributed by atoms with Crippen molar-refractivity contribution in [3.8, 4) is 6.07 Å². The molecule has 0 radical (unpaired) electrons. The number of hydrogen-bond acceptors (Lipinski definition) is 2. The lowest BCUT2D eigenvalue weighted by atomic mass is 9.91. The Hall–Kier alpha value is -1.99. The molecule has 1 atom stereocenters. The Balaban J connectivity index is 2.45. The first kappa shape index (κ1) is 14.4. The van der Waals surface area contributed by atoms with E-state index in [0.717, 1.165) is 5.56 Å². The SMILES string of the molecule is Cc1cccc(C(C#N)C(=O)c2cccc(F)c2Br)c1. The van der Waals surface area contributed by atoms with Crippen LogP contribution >= 0.6 is 15.9 Å². The summed E-state index contributed by atoms with van der Waals surface area (Å²) in [5.41, 5.74) is 1.76. The smallest absolute Gasteiger partial charge is 0.185 e. The van der Waals surface area contributed by atoms with E-state index >= 15 is 0 Å². The molecule has 2 rings (SSSR count). The molecule has 0 heterocycles. The van der Waals surface area contributed by atoms with Crippen molar-refractivity contribution >= 4 is 21.7 Å². The second-order valence-corrected chi connectivity index (χ2v) is 5.23. The fourth-order valence-electron chi connectivity index (χ4n) is 1.98. The van der Waals surface area contributed by atoms with Crippen LogP contribution in [0.4, 0.5) is 4.39 Å². The van der Waals surface area contributed by atoms with Gasteiger partial charge < -0.3 is 0 Å². The summed E-state index contributed by atoms with van der Waals surface area (Å²) < 4.78 is 13.6. The average Bonchev–Trinajstić information content (AvgIpc) is 2.42. The van der Waals surface area contributed by atoms with Crippen molar-refractivity contribution in [1.82, 2.24) is 0 Å². The monoisotopic (exact) mass is 331 g/mol. The summed E-state index contributed by atoms with van der Waals surface area (Å²) in [6.45, 7) is 1.89. The molecule has 0 N–H and O–H groups in total. The van der Waals surface area contributed by atoms with Crippen LogP contribution in [0.5, 0.6) is 0 Å². The predicted molar refractivity (Wildman–Crippen MR) is 78.0 cm³/mol. The van der Waals surface area contributed by atoms with Gasteiger partial charge in [0.05, 0.1) is 10.5 Å². The Bertz CT molecular complexity index is 706. The van der Waals surface area contributed by atoms with Crippen LogP contribution in [-0.4, -0.2) is 5.78 Å². The number of nitriles is 1. The molecule has 0 fully saturated rings. The molecule has 0 aromatic heterocycles. The third kappa shape index (κ3) is 2.78. The summed E-state index contributed by atoms with van der Waals surface area (Å²) in [5, 5.41) is 9.28. The highest BCUT2D eigenvalue weighted by Crippen LogP contribution is 2.27. The average molecular weight is 332 g/mol. The van der Waals surface area contributed by atoms with Crippen molar-refractivity contribution in [3.05, 3.63) is 69.4 Å². The first-order chi connectivity index (χ1) is 9.54. The van der Waals surface area contributed by atoms with Gasteiger partial charge in [-0.3, -0.25) is 4.79 Å². The number of carbonyl (C=O) groups is 1. The summed E-state index contributed by atoms with van der Waals surface area (Å²) in [7, 11) is 0. The Kier molecular flexibility index (Phi) is 4.31. The van der Waals surface area contributed by atoms with Gasteiger partial charge in [0.15, 0.2) is 5.78 Å². The van der Waals surface area contributed by atoms with E-state index in [1.54, 1.807) is 18.2 Å². The Morgan fingerprint density at radius 2 is 2.00 bits per heavy atom. The van der Waals surface area contributed by atoms with Crippen LogP contribution in [0.25, 0.3) is 0 Å². The third-order valence-corrected chi connectivity index (χ3v) is 3.79. The molecule has 2 nitrogen and oxygen atoms in total. The number of aryl methyl sites for hydroxylation is 1. The van der Waals surface area contributed by atoms with Gasteiger partial charge in [-0.1, -0.05) is 35.9 Å². The lowest BCUT2D eigenvalue weighted by molar-refractivity contribution is 0.0977. The van der Waals surface area contributed by atoms with Gasteiger partial charge in [-0.15, -0.1) is 0 Å². The van der Waals surface area contributed by atoms with E-state index in [9.17, 15) is 14.4 Å². The molecule has 0 amide bonds. The Labute approximate surface area is 125 Å². The Morgan fingerprint density at radius 1 is 1.30 bits per heavy atom. The third-order valence-electron chi connectivity index (χ3n) is 2.98. The van der Waals surface area contributed by atoms with Crippen LogP contribution in [0, 0.1) is 24.1 Å². The van der Waals surface area contributed by atoms with Gasteiger partial charge in [-0.2, -0.15) is 5.26 Å². The molecule has 4 heteroatoms. The Morgan fingerprint density at radius 3 is 2.65 bits per heavy atom. The van der Waals surface area contributed by atoms with Gasteiger partial charge in [0.2, 0.25) is 0 Å². The molecule has 1 unspecified atom stereocenters. The van der Waals surface area contributed by atoms with Crippen LogP contribution in [0.3, 0.4) is 0 Å². The maximum atomic E-state index is 13.5. The van der Waals surface area contributed by atoms with Crippen molar-refractivity contribution in [3.63, 3.8) is 0 Å². The first-order valence-electron chi connectivity index (χ1n) is 5.99. The van der Waals surface area contributed by atoms with E-state index in [2.05, 4.69) is 15.9 Å². The molecule has 2 aromatic rings. The quantitative estimate of drug-likeness (QED) is 0.783. The zero-order valence-electron chi connectivity index (χ0n) is 10.7. The number of hydrogen-bond donors (Lipinski definition) is 0. The zero-order chi connectivity index (χ0) is 14.7. The van der Waals surface area contributed by atoms with Gasteiger partial charge in [-0.05, 0) is 40.5 Å². The molecule has 100 valence electrons. The number of halogens is 2. The van der Waals surface area contributed by atoms with E-state index in [0.29, 0.717) is 5.56 Å². The van der Waals surface area contributed by atoms with E-state index < -0.39 is 17.5 Å². The minimum absolute atomic E-state index is 0.0953.